The lowest BCUT2D eigenvalue weighted by molar-refractivity contribution is -0.136. The van der Waals surface area contributed by atoms with Crippen molar-refractivity contribution >= 4 is 11.9 Å². The molecule has 5 nitrogen and oxygen atoms in total. The third kappa shape index (κ3) is 2.65. The van der Waals surface area contributed by atoms with Crippen LogP contribution in [0.5, 0.6) is 0 Å². The number of halogens is 1. The van der Waals surface area contributed by atoms with Gasteiger partial charge in [0.1, 0.15) is 5.82 Å². The number of amides is 1. The van der Waals surface area contributed by atoms with Crippen molar-refractivity contribution in [3.05, 3.63) is 58.9 Å². The number of nitrogens with zero attached hydrogens (tertiary/aromatic N) is 3. The standard InChI is InChI=1S/C25H25FN4O/c1-15-5-7-24(8-6-15)13-18-4-3-17(19-9-16(14-27)10-20(26)11-19)12-21(18)25(24)22(31)30(2)23(28)29-25/h3-4,9-12,15H,5-8,13H2,1-2H3,(H2,28,29). The summed E-state index contributed by atoms with van der Waals surface area (Å²) in [7, 11) is 1.68. The van der Waals surface area contributed by atoms with Crippen LogP contribution in [0.3, 0.4) is 0 Å². The lowest BCUT2D eigenvalue weighted by atomic mass is 9.60. The first-order valence-corrected chi connectivity index (χ1v) is 10.8. The molecule has 1 amide bonds. The zero-order valence-corrected chi connectivity index (χ0v) is 17.8. The third-order valence-electron chi connectivity index (χ3n) is 7.63. The number of aliphatic imine (C=N–C) groups is 1. The summed E-state index contributed by atoms with van der Waals surface area (Å²) in [5, 5.41) is 9.24. The number of fused-ring (bicyclic) bond motifs is 3. The van der Waals surface area contributed by atoms with Crippen LogP contribution in [0.15, 0.2) is 41.4 Å². The van der Waals surface area contributed by atoms with Gasteiger partial charge in [-0.05, 0) is 71.7 Å². The number of benzene rings is 2. The fourth-order valence-electron chi connectivity index (χ4n) is 5.86. The van der Waals surface area contributed by atoms with E-state index in [1.165, 1.54) is 17.0 Å². The van der Waals surface area contributed by atoms with E-state index < -0.39 is 11.4 Å². The molecule has 2 N–H and O–H groups in total. The summed E-state index contributed by atoms with van der Waals surface area (Å²) in [6, 6.07) is 12.3. The lowest BCUT2D eigenvalue weighted by Gasteiger charge is -2.45. The van der Waals surface area contributed by atoms with Crippen LogP contribution in [0.4, 0.5) is 4.39 Å². The zero-order chi connectivity index (χ0) is 22.0. The van der Waals surface area contributed by atoms with Crippen molar-refractivity contribution in [2.45, 2.75) is 44.6 Å². The molecule has 6 heteroatoms. The number of carbonyl (C=O) groups is 1. The molecular weight excluding hydrogens is 391 g/mol. The molecule has 1 fully saturated rings. The van der Waals surface area contributed by atoms with Crippen LogP contribution < -0.4 is 5.73 Å². The summed E-state index contributed by atoms with van der Waals surface area (Å²) >= 11 is 0. The normalized spacial score (nSPS) is 29.4. The SMILES string of the molecule is CC1CCC2(CC1)Cc1ccc(-c3cc(F)cc(C#N)c3)cc1C21N=C(N)N(C)C1=O. The summed E-state index contributed by atoms with van der Waals surface area (Å²) in [6.45, 7) is 2.26. The van der Waals surface area contributed by atoms with E-state index in [2.05, 4.69) is 6.92 Å². The van der Waals surface area contributed by atoms with Gasteiger partial charge in [0.2, 0.25) is 0 Å². The van der Waals surface area contributed by atoms with Crippen molar-refractivity contribution in [1.29, 1.82) is 5.26 Å². The molecule has 31 heavy (non-hydrogen) atoms. The minimum absolute atomic E-state index is 0.0765. The molecule has 1 heterocycles. The fraction of sp³-hybridized carbons (Fsp3) is 0.400. The molecule has 1 saturated carbocycles. The second-order valence-corrected chi connectivity index (χ2v) is 9.40. The number of carbonyl (C=O) groups excluding carboxylic acids is 1. The topological polar surface area (TPSA) is 82.5 Å². The van der Waals surface area contributed by atoms with E-state index in [0.29, 0.717) is 11.5 Å². The van der Waals surface area contributed by atoms with Gasteiger partial charge in [-0.2, -0.15) is 5.26 Å². The van der Waals surface area contributed by atoms with Crippen LogP contribution in [0.1, 0.15) is 49.3 Å². The van der Waals surface area contributed by atoms with Gasteiger partial charge in [0, 0.05) is 12.5 Å². The predicted octanol–water partition coefficient (Wildman–Crippen LogP) is 4.10. The van der Waals surface area contributed by atoms with Crippen molar-refractivity contribution in [1.82, 2.24) is 4.90 Å². The number of guanidine groups is 1. The van der Waals surface area contributed by atoms with Gasteiger partial charge in [-0.3, -0.25) is 9.69 Å². The first kappa shape index (κ1) is 19.7. The molecule has 0 radical (unpaired) electrons. The number of likely N-dealkylation sites (N-methyl/N-ethyl adjacent to an activating group) is 1. The fourth-order valence-corrected chi connectivity index (χ4v) is 5.86. The highest BCUT2D eigenvalue weighted by atomic mass is 19.1. The van der Waals surface area contributed by atoms with E-state index in [4.69, 9.17) is 10.7 Å². The minimum Gasteiger partial charge on any atom is -0.369 e. The second kappa shape index (κ2) is 6.65. The van der Waals surface area contributed by atoms with E-state index in [1.807, 2.05) is 24.3 Å². The smallest absolute Gasteiger partial charge is 0.262 e. The molecule has 1 atom stereocenters. The molecule has 1 aliphatic heterocycles. The number of hydrogen-bond acceptors (Lipinski definition) is 4. The summed E-state index contributed by atoms with van der Waals surface area (Å²) in [4.78, 5) is 20.0. The van der Waals surface area contributed by atoms with E-state index >= 15 is 0 Å². The Bertz CT molecular complexity index is 1170. The van der Waals surface area contributed by atoms with E-state index in [-0.39, 0.29) is 22.8 Å². The van der Waals surface area contributed by atoms with Gasteiger partial charge in [0.05, 0.1) is 11.6 Å². The maximum Gasteiger partial charge on any atom is 0.262 e. The Morgan fingerprint density at radius 3 is 2.58 bits per heavy atom. The molecule has 2 spiro atoms. The first-order chi connectivity index (χ1) is 14.8. The molecule has 1 unspecified atom stereocenters. The summed E-state index contributed by atoms with van der Waals surface area (Å²) < 4.78 is 14.1. The highest BCUT2D eigenvalue weighted by Crippen LogP contribution is 2.62. The Morgan fingerprint density at radius 2 is 1.94 bits per heavy atom. The van der Waals surface area contributed by atoms with Crippen LogP contribution in [0, 0.1) is 28.5 Å². The molecule has 5 rings (SSSR count). The van der Waals surface area contributed by atoms with E-state index in [1.54, 1.807) is 13.1 Å². The summed E-state index contributed by atoms with van der Waals surface area (Å²) in [5.74, 6) is 0.348. The molecule has 3 aliphatic rings. The Kier molecular flexibility index (Phi) is 4.23. The van der Waals surface area contributed by atoms with Gasteiger partial charge in [-0.15, -0.1) is 0 Å². The van der Waals surface area contributed by atoms with Crippen LogP contribution in [0.25, 0.3) is 11.1 Å². The Hall–Kier alpha value is -3.20. The molecule has 2 aromatic rings. The number of rotatable bonds is 1. The Morgan fingerprint density at radius 1 is 1.19 bits per heavy atom. The monoisotopic (exact) mass is 416 g/mol. The van der Waals surface area contributed by atoms with Crippen LogP contribution in [0.2, 0.25) is 0 Å². The number of nitrogens with two attached hydrogens (primary N) is 1. The summed E-state index contributed by atoms with van der Waals surface area (Å²) in [6.07, 6.45) is 4.76. The maximum atomic E-state index is 14.1. The third-order valence-corrected chi connectivity index (χ3v) is 7.63. The Labute approximate surface area is 181 Å². The molecule has 0 aromatic heterocycles. The minimum atomic E-state index is -1.03. The van der Waals surface area contributed by atoms with Gasteiger partial charge in [0.25, 0.3) is 5.91 Å². The molecule has 0 bridgehead atoms. The largest absolute Gasteiger partial charge is 0.369 e. The zero-order valence-electron chi connectivity index (χ0n) is 17.8. The molecule has 158 valence electrons. The van der Waals surface area contributed by atoms with Crippen molar-refractivity contribution < 1.29 is 9.18 Å². The number of hydrogen-bond donors (Lipinski definition) is 1. The first-order valence-electron chi connectivity index (χ1n) is 10.8. The number of nitriles is 1. The molecule has 2 aromatic carbocycles. The quantitative estimate of drug-likeness (QED) is 0.760. The van der Waals surface area contributed by atoms with E-state index in [9.17, 15) is 14.4 Å². The van der Waals surface area contributed by atoms with Crippen molar-refractivity contribution in [2.24, 2.45) is 22.1 Å². The highest BCUT2D eigenvalue weighted by Gasteiger charge is 2.66. The summed E-state index contributed by atoms with van der Waals surface area (Å²) in [5.41, 5.74) is 8.50. The molecule has 2 aliphatic carbocycles. The maximum absolute atomic E-state index is 14.1. The predicted molar refractivity (Wildman–Crippen MR) is 116 cm³/mol. The van der Waals surface area contributed by atoms with Gasteiger partial charge in [0.15, 0.2) is 11.5 Å². The van der Waals surface area contributed by atoms with Crippen molar-refractivity contribution in [2.75, 3.05) is 7.05 Å². The van der Waals surface area contributed by atoms with Crippen molar-refractivity contribution in [3.63, 3.8) is 0 Å². The van der Waals surface area contributed by atoms with Crippen LogP contribution in [-0.4, -0.2) is 23.8 Å². The van der Waals surface area contributed by atoms with Gasteiger partial charge in [-0.1, -0.05) is 31.9 Å². The average molecular weight is 417 g/mol. The molecular formula is C25H25FN4O. The Balaban J connectivity index is 1.70. The highest BCUT2D eigenvalue weighted by molar-refractivity contribution is 6.08. The van der Waals surface area contributed by atoms with Crippen LogP contribution in [-0.2, 0) is 16.8 Å². The lowest BCUT2D eigenvalue weighted by Crippen LogP contribution is -2.50. The van der Waals surface area contributed by atoms with Crippen LogP contribution >= 0.6 is 0 Å². The second-order valence-electron chi connectivity index (χ2n) is 9.40. The average Bonchev–Trinajstić information content (AvgIpc) is 3.16. The van der Waals surface area contributed by atoms with Gasteiger partial charge in [-0.25, -0.2) is 9.38 Å². The van der Waals surface area contributed by atoms with Gasteiger partial charge < -0.3 is 5.73 Å². The van der Waals surface area contributed by atoms with Crippen molar-refractivity contribution in [3.8, 4) is 17.2 Å². The van der Waals surface area contributed by atoms with Gasteiger partial charge >= 0.3 is 0 Å². The molecule has 0 saturated heterocycles. The van der Waals surface area contributed by atoms with E-state index in [0.717, 1.165) is 48.8 Å².